The molecule has 1 aromatic heterocycles. The molecule has 0 bridgehead atoms. The molecule has 4 rings (SSSR count). The maximum atomic E-state index is 15.3. The third kappa shape index (κ3) is 3.54. The Morgan fingerprint density at radius 2 is 1.65 bits per heavy atom. The third-order valence-corrected chi connectivity index (χ3v) is 12.3. The molecule has 0 amide bonds. The molecular formula is C30H43N2OP. The second kappa shape index (κ2) is 9.50. The minimum atomic E-state index is -3.06. The number of nitrogens with zero attached hydrogens (tertiary/aromatic N) is 2. The Labute approximate surface area is 207 Å². The molecule has 0 N–H and O–H groups in total. The maximum absolute atomic E-state index is 15.3. The molecule has 1 aliphatic heterocycles. The van der Waals surface area contributed by atoms with Crippen molar-refractivity contribution in [1.29, 1.82) is 0 Å². The van der Waals surface area contributed by atoms with E-state index >= 15 is 4.57 Å². The summed E-state index contributed by atoms with van der Waals surface area (Å²) < 4.78 is 17.4. The summed E-state index contributed by atoms with van der Waals surface area (Å²) in [6.07, 6.45) is 2.17. The van der Waals surface area contributed by atoms with Gasteiger partial charge in [-0.05, 0) is 68.7 Å². The van der Waals surface area contributed by atoms with Gasteiger partial charge in [-0.2, -0.15) is 0 Å². The first-order chi connectivity index (χ1) is 16.1. The van der Waals surface area contributed by atoms with Crippen LogP contribution in [-0.4, -0.2) is 9.32 Å². The lowest BCUT2D eigenvalue weighted by atomic mass is 9.67. The average molecular weight is 479 g/mol. The van der Waals surface area contributed by atoms with Crippen LogP contribution in [0.2, 0.25) is 0 Å². The predicted octanol–water partition coefficient (Wildman–Crippen LogP) is 8.61. The summed E-state index contributed by atoms with van der Waals surface area (Å²) in [5.41, 5.74) is 5.66. The smallest absolute Gasteiger partial charge is 0.215 e. The van der Waals surface area contributed by atoms with Crippen molar-refractivity contribution in [3.63, 3.8) is 0 Å². The molecule has 0 saturated heterocycles. The van der Waals surface area contributed by atoms with Gasteiger partial charge >= 0.3 is 0 Å². The number of rotatable bonds is 5. The number of benzene rings is 2. The van der Waals surface area contributed by atoms with Crippen molar-refractivity contribution >= 4 is 12.6 Å². The molecular weight excluding hydrogens is 435 g/mol. The van der Waals surface area contributed by atoms with Crippen molar-refractivity contribution in [2.75, 3.05) is 0 Å². The van der Waals surface area contributed by atoms with Gasteiger partial charge < -0.3 is 0 Å². The number of aromatic nitrogens is 2. The molecule has 0 radical (unpaired) electrons. The van der Waals surface area contributed by atoms with Gasteiger partial charge in [-0.25, -0.2) is 4.98 Å². The fraction of sp³-hybridized carbons (Fsp3) is 0.500. The van der Waals surface area contributed by atoms with Crippen LogP contribution in [-0.2, 0) is 15.1 Å². The van der Waals surface area contributed by atoms with Gasteiger partial charge in [0.05, 0.1) is 10.9 Å². The zero-order valence-electron chi connectivity index (χ0n) is 22.9. The highest BCUT2D eigenvalue weighted by Gasteiger charge is 2.53. The van der Waals surface area contributed by atoms with Crippen LogP contribution in [0.25, 0.3) is 11.4 Å². The quantitative estimate of drug-likeness (QED) is 0.344. The Morgan fingerprint density at radius 3 is 2.21 bits per heavy atom. The van der Waals surface area contributed by atoms with E-state index in [2.05, 4.69) is 71.0 Å². The number of hydrogen-bond donors (Lipinski definition) is 0. The molecule has 4 heteroatoms. The molecule has 2 heterocycles. The summed E-state index contributed by atoms with van der Waals surface area (Å²) in [4.78, 5) is 5.06. The van der Waals surface area contributed by atoms with Gasteiger partial charge in [0.2, 0.25) is 7.29 Å². The molecule has 3 nitrogen and oxygen atoms in total. The predicted molar refractivity (Wildman–Crippen MR) is 148 cm³/mol. The van der Waals surface area contributed by atoms with Crippen molar-refractivity contribution in [2.45, 2.75) is 92.7 Å². The first-order valence-electron chi connectivity index (χ1n) is 12.9. The highest BCUT2D eigenvalue weighted by molar-refractivity contribution is 7.71. The minimum absolute atomic E-state index is 0.0167. The van der Waals surface area contributed by atoms with Crippen LogP contribution in [0.1, 0.15) is 90.7 Å². The lowest BCUT2D eigenvalue weighted by molar-refractivity contribution is 0.295. The van der Waals surface area contributed by atoms with Crippen molar-refractivity contribution in [2.24, 2.45) is 5.92 Å². The van der Waals surface area contributed by atoms with Gasteiger partial charge in [0.15, 0.2) is 0 Å². The van der Waals surface area contributed by atoms with Crippen molar-refractivity contribution in [1.82, 2.24) is 9.32 Å². The molecule has 2 aromatic carbocycles. The molecule has 34 heavy (non-hydrogen) atoms. The lowest BCUT2D eigenvalue weighted by Crippen LogP contribution is -2.36. The molecule has 3 unspecified atom stereocenters. The van der Waals surface area contributed by atoms with Gasteiger partial charge in [0.1, 0.15) is 5.82 Å². The number of hydrogen-bond acceptors (Lipinski definition) is 2. The fourth-order valence-corrected chi connectivity index (χ4v) is 9.07. The largest absolute Gasteiger partial charge is 0.294 e. The van der Waals surface area contributed by atoms with E-state index in [1.807, 2.05) is 51.1 Å². The molecule has 0 aliphatic carbocycles. The van der Waals surface area contributed by atoms with Crippen molar-refractivity contribution < 1.29 is 4.57 Å². The fourth-order valence-electron chi connectivity index (χ4n) is 5.62. The zero-order chi connectivity index (χ0) is 25.5. The molecule has 184 valence electrons. The van der Waals surface area contributed by atoms with Crippen LogP contribution in [0.3, 0.4) is 0 Å². The van der Waals surface area contributed by atoms with E-state index in [-0.39, 0.29) is 5.41 Å². The summed E-state index contributed by atoms with van der Waals surface area (Å²) in [6, 6.07) is 16.7. The van der Waals surface area contributed by atoms with Crippen LogP contribution in [0.5, 0.6) is 0 Å². The average Bonchev–Trinajstić information content (AvgIpc) is 3.17. The van der Waals surface area contributed by atoms with Gasteiger partial charge in [0.25, 0.3) is 0 Å². The van der Waals surface area contributed by atoms with Gasteiger partial charge in [-0.3, -0.25) is 8.90 Å². The minimum Gasteiger partial charge on any atom is -0.294 e. The lowest BCUT2D eigenvalue weighted by Gasteiger charge is -2.45. The molecule has 0 spiro atoms. The van der Waals surface area contributed by atoms with E-state index in [0.29, 0.717) is 5.92 Å². The molecule has 0 fully saturated rings. The second-order valence-corrected chi connectivity index (χ2v) is 13.4. The Morgan fingerprint density at radius 1 is 1.03 bits per heavy atom. The summed E-state index contributed by atoms with van der Waals surface area (Å²) in [5, 5.41) is 0.331. The summed E-state index contributed by atoms with van der Waals surface area (Å²) in [5.74, 6) is 1.40. The van der Waals surface area contributed by atoms with Crippen molar-refractivity contribution in [3.8, 4) is 11.4 Å². The highest BCUT2D eigenvalue weighted by atomic mass is 31.2. The maximum Gasteiger partial charge on any atom is 0.215 e. The SMILES string of the molecule is CC.CCC(C)C(C)(CC)c1cccc2c1-c1nc(C)c(C)n1P(=O)(c1ccccc1)C2(C)C. The standard InChI is InChI=1S/C28H37N2OP.C2H6/c1-9-19(3)28(8,10-2)24-18-14-17-23-25(24)26-29-20(4)21(5)30(26)32(31,27(23,6)7)22-15-12-11-13-16-22;1-2/h11-19H,9-10H2,1-8H3;1-2H3. The molecule has 1 aliphatic rings. The molecule has 3 atom stereocenters. The van der Waals surface area contributed by atoms with E-state index < -0.39 is 12.4 Å². The Kier molecular flexibility index (Phi) is 7.40. The summed E-state index contributed by atoms with van der Waals surface area (Å²) >= 11 is 0. The van der Waals surface area contributed by atoms with Crippen LogP contribution in [0.4, 0.5) is 0 Å². The van der Waals surface area contributed by atoms with E-state index in [9.17, 15) is 0 Å². The Hall–Kier alpha value is -2.12. The Balaban J connectivity index is 0.00000158. The van der Waals surface area contributed by atoms with E-state index in [4.69, 9.17) is 4.98 Å². The topological polar surface area (TPSA) is 34.9 Å². The van der Waals surface area contributed by atoms with Crippen LogP contribution in [0.15, 0.2) is 48.5 Å². The summed E-state index contributed by atoms with van der Waals surface area (Å²) in [7, 11) is -3.06. The zero-order valence-corrected chi connectivity index (χ0v) is 23.8. The van der Waals surface area contributed by atoms with E-state index in [1.165, 1.54) is 11.1 Å². The Bertz CT molecular complexity index is 1210. The highest BCUT2D eigenvalue weighted by Crippen LogP contribution is 2.69. The number of imidazole rings is 1. The van der Waals surface area contributed by atoms with E-state index in [0.717, 1.165) is 40.9 Å². The van der Waals surface area contributed by atoms with Gasteiger partial charge in [0, 0.05) is 16.6 Å². The number of aryl methyl sites for hydroxylation is 1. The van der Waals surface area contributed by atoms with Crippen molar-refractivity contribution in [3.05, 3.63) is 71.0 Å². The van der Waals surface area contributed by atoms with Gasteiger partial charge in [-0.15, -0.1) is 0 Å². The van der Waals surface area contributed by atoms with E-state index in [1.54, 1.807) is 0 Å². The molecule has 3 aromatic rings. The first-order valence-corrected chi connectivity index (χ1v) is 14.6. The first kappa shape index (κ1) is 26.5. The van der Waals surface area contributed by atoms with Crippen LogP contribution < -0.4 is 5.30 Å². The normalized spacial score (nSPS) is 20.9. The van der Waals surface area contributed by atoms with Crippen LogP contribution >= 0.6 is 7.29 Å². The number of fused-ring (bicyclic) bond motifs is 3. The third-order valence-electron chi connectivity index (χ3n) is 8.46. The van der Waals surface area contributed by atoms with Gasteiger partial charge in [-0.1, -0.05) is 84.4 Å². The second-order valence-electron chi connectivity index (χ2n) is 10.2. The monoisotopic (exact) mass is 478 g/mol. The summed E-state index contributed by atoms with van der Waals surface area (Å²) in [6.45, 7) is 21.7. The molecule has 0 saturated carbocycles. The van der Waals surface area contributed by atoms with Crippen LogP contribution in [0, 0.1) is 19.8 Å².